The third kappa shape index (κ3) is 4.69. The Morgan fingerprint density at radius 3 is 2.52 bits per heavy atom. The summed E-state index contributed by atoms with van der Waals surface area (Å²) in [5, 5.41) is 12.3. The first-order valence-electron chi connectivity index (χ1n) is 7.40. The van der Waals surface area contributed by atoms with E-state index in [0.29, 0.717) is 18.0 Å². The minimum Gasteiger partial charge on any atom is -0.481 e. The Balaban J connectivity index is 2.05. The third-order valence-corrected chi connectivity index (χ3v) is 4.17. The maximum Gasteiger partial charge on any atom is 0.308 e. The molecule has 1 aromatic rings. The molecule has 1 aromatic carbocycles. The summed E-state index contributed by atoms with van der Waals surface area (Å²) in [6.07, 6.45) is 0.556. The zero-order valence-electron chi connectivity index (χ0n) is 12.8. The van der Waals surface area contributed by atoms with Crippen molar-refractivity contribution in [1.82, 2.24) is 10.2 Å². The summed E-state index contributed by atoms with van der Waals surface area (Å²) in [7, 11) is 0. The number of rotatable bonds is 5. The van der Waals surface area contributed by atoms with Gasteiger partial charge in [-0.15, -0.1) is 0 Å². The molecular weight excluding hydrogens is 320 g/mol. The molecule has 1 saturated heterocycles. The van der Waals surface area contributed by atoms with Crippen molar-refractivity contribution in [2.24, 2.45) is 5.92 Å². The van der Waals surface area contributed by atoms with E-state index in [1.54, 1.807) is 29.2 Å². The predicted molar refractivity (Wildman–Crippen MR) is 84.9 cm³/mol. The van der Waals surface area contributed by atoms with E-state index in [1.165, 1.54) is 6.92 Å². The lowest BCUT2D eigenvalue weighted by Gasteiger charge is -2.22. The number of halogens is 1. The van der Waals surface area contributed by atoms with Crippen LogP contribution in [0.5, 0.6) is 0 Å². The molecule has 0 aromatic heterocycles. The highest BCUT2D eigenvalue weighted by molar-refractivity contribution is 6.30. The van der Waals surface area contributed by atoms with Crippen LogP contribution in [0.15, 0.2) is 24.3 Å². The minimum atomic E-state index is -0.878. The van der Waals surface area contributed by atoms with Gasteiger partial charge in [-0.3, -0.25) is 14.4 Å². The van der Waals surface area contributed by atoms with Crippen LogP contribution in [-0.2, 0) is 14.4 Å². The van der Waals surface area contributed by atoms with Gasteiger partial charge in [0.2, 0.25) is 11.8 Å². The van der Waals surface area contributed by atoms with E-state index < -0.39 is 17.9 Å². The van der Waals surface area contributed by atoms with Gasteiger partial charge in [0.25, 0.3) is 0 Å². The molecule has 0 spiro atoms. The molecule has 1 aliphatic rings. The van der Waals surface area contributed by atoms with E-state index in [4.69, 9.17) is 16.7 Å². The van der Waals surface area contributed by atoms with E-state index in [0.717, 1.165) is 5.56 Å². The van der Waals surface area contributed by atoms with Crippen LogP contribution in [0.2, 0.25) is 5.02 Å². The van der Waals surface area contributed by atoms with Gasteiger partial charge >= 0.3 is 5.97 Å². The molecule has 1 aliphatic heterocycles. The second kappa shape index (κ2) is 7.46. The molecular formula is C16H19ClN2O4. The summed E-state index contributed by atoms with van der Waals surface area (Å²) in [6.45, 7) is 2.05. The number of carbonyl (C=O) groups is 3. The molecule has 0 bridgehead atoms. The normalized spacial score (nSPS) is 18.5. The summed E-state index contributed by atoms with van der Waals surface area (Å²) >= 11 is 5.86. The number of carbonyl (C=O) groups excluding carboxylic acids is 2. The first-order valence-corrected chi connectivity index (χ1v) is 7.77. The molecule has 1 fully saturated rings. The average Bonchev–Trinajstić information content (AvgIpc) is 2.97. The number of benzene rings is 1. The number of aliphatic carboxylic acids is 1. The fourth-order valence-electron chi connectivity index (χ4n) is 2.68. The number of hydrogen-bond donors (Lipinski definition) is 2. The van der Waals surface area contributed by atoms with Crippen molar-refractivity contribution in [3.05, 3.63) is 34.9 Å². The Morgan fingerprint density at radius 2 is 2.00 bits per heavy atom. The molecule has 0 aliphatic carbocycles. The average molecular weight is 339 g/mol. The molecule has 2 N–H and O–H groups in total. The molecule has 7 heteroatoms. The maximum absolute atomic E-state index is 12.4. The molecule has 0 radical (unpaired) electrons. The van der Waals surface area contributed by atoms with E-state index in [2.05, 4.69) is 5.32 Å². The maximum atomic E-state index is 12.4. The van der Waals surface area contributed by atoms with E-state index in [1.807, 2.05) is 0 Å². The molecule has 2 amide bonds. The summed E-state index contributed by atoms with van der Waals surface area (Å²) in [5.41, 5.74) is 0.784. The number of carboxylic acid groups (broad SMARTS) is 1. The first kappa shape index (κ1) is 17.3. The van der Waals surface area contributed by atoms with Gasteiger partial charge in [-0.2, -0.15) is 0 Å². The molecule has 2 rings (SSSR count). The molecule has 23 heavy (non-hydrogen) atoms. The third-order valence-electron chi connectivity index (χ3n) is 3.92. The van der Waals surface area contributed by atoms with Crippen molar-refractivity contribution >= 4 is 29.4 Å². The van der Waals surface area contributed by atoms with Crippen molar-refractivity contribution in [2.45, 2.75) is 25.8 Å². The number of carboxylic acids is 1. The van der Waals surface area contributed by atoms with Crippen molar-refractivity contribution in [1.29, 1.82) is 0 Å². The predicted octanol–water partition coefficient (Wildman–Crippen LogP) is 1.84. The fourth-order valence-corrected chi connectivity index (χ4v) is 2.81. The lowest BCUT2D eigenvalue weighted by molar-refractivity contribution is -0.141. The fraction of sp³-hybridized carbons (Fsp3) is 0.438. The quantitative estimate of drug-likeness (QED) is 0.857. The summed E-state index contributed by atoms with van der Waals surface area (Å²) in [6, 6.07) is 6.47. The molecule has 1 heterocycles. The van der Waals surface area contributed by atoms with Crippen LogP contribution in [0.4, 0.5) is 0 Å². The largest absolute Gasteiger partial charge is 0.481 e. The summed E-state index contributed by atoms with van der Waals surface area (Å²) in [5.74, 6) is -1.78. The van der Waals surface area contributed by atoms with E-state index >= 15 is 0 Å². The van der Waals surface area contributed by atoms with Crippen molar-refractivity contribution in [3.63, 3.8) is 0 Å². The van der Waals surface area contributed by atoms with Gasteiger partial charge in [0.15, 0.2) is 0 Å². The minimum absolute atomic E-state index is 0.0908. The van der Waals surface area contributed by atoms with Crippen molar-refractivity contribution in [3.8, 4) is 0 Å². The van der Waals surface area contributed by atoms with E-state index in [9.17, 15) is 14.4 Å². The highest BCUT2D eigenvalue weighted by Gasteiger charge is 2.32. The summed E-state index contributed by atoms with van der Waals surface area (Å²) < 4.78 is 0. The van der Waals surface area contributed by atoms with Crippen LogP contribution in [0, 0.1) is 5.92 Å². The van der Waals surface area contributed by atoms with Gasteiger partial charge in [-0.1, -0.05) is 23.7 Å². The number of nitrogens with one attached hydrogen (secondary N) is 1. The highest BCUT2D eigenvalue weighted by Crippen LogP contribution is 2.23. The van der Waals surface area contributed by atoms with Gasteiger partial charge in [-0.25, -0.2) is 0 Å². The van der Waals surface area contributed by atoms with Crippen LogP contribution >= 0.6 is 11.6 Å². The summed E-state index contributed by atoms with van der Waals surface area (Å²) in [4.78, 5) is 36.3. The lowest BCUT2D eigenvalue weighted by atomic mass is 10.0. The van der Waals surface area contributed by atoms with Gasteiger partial charge in [0, 0.05) is 25.0 Å². The Labute approximate surface area is 139 Å². The van der Waals surface area contributed by atoms with Gasteiger partial charge < -0.3 is 15.3 Å². The monoisotopic (exact) mass is 338 g/mol. The standard InChI is InChI=1S/C16H19ClN2O4/c1-10(20)18-14(11-2-4-13(17)5-3-11)8-15(21)19-7-6-12(9-19)16(22)23/h2-5,12,14H,6-9H2,1H3,(H,18,20)(H,22,23)/t12-,14+/m1/s1. The Hall–Kier alpha value is -2.08. The van der Waals surface area contributed by atoms with Gasteiger partial charge in [0.05, 0.1) is 18.4 Å². The topological polar surface area (TPSA) is 86.7 Å². The SMILES string of the molecule is CC(=O)N[C@@H](CC(=O)N1CC[C@@H](C(=O)O)C1)c1ccc(Cl)cc1. The number of nitrogens with zero attached hydrogens (tertiary/aromatic N) is 1. The smallest absolute Gasteiger partial charge is 0.308 e. The van der Waals surface area contributed by atoms with Crippen LogP contribution in [0.25, 0.3) is 0 Å². The zero-order valence-corrected chi connectivity index (χ0v) is 13.5. The van der Waals surface area contributed by atoms with Crippen LogP contribution < -0.4 is 5.32 Å². The van der Waals surface area contributed by atoms with Crippen LogP contribution in [0.1, 0.15) is 31.4 Å². The molecule has 6 nitrogen and oxygen atoms in total. The Kier molecular flexibility index (Phi) is 5.60. The van der Waals surface area contributed by atoms with Gasteiger partial charge in [0.1, 0.15) is 0 Å². The zero-order chi connectivity index (χ0) is 17.0. The van der Waals surface area contributed by atoms with E-state index in [-0.39, 0.29) is 24.8 Å². The lowest BCUT2D eigenvalue weighted by Crippen LogP contribution is -2.35. The first-order chi connectivity index (χ1) is 10.9. The Morgan fingerprint density at radius 1 is 1.35 bits per heavy atom. The number of amides is 2. The second-order valence-electron chi connectivity index (χ2n) is 5.67. The number of likely N-dealkylation sites (tertiary alicyclic amines) is 1. The molecule has 0 saturated carbocycles. The Bertz CT molecular complexity index is 603. The van der Waals surface area contributed by atoms with Crippen molar-refractivity contribution in [2.75, 3.05) is 13.1 Å². The second-order valence-corrected chi connectivity index (χ2v) is 6.11. The van der Waals surface area contributed by atoms with Gasteiger partial charge in [-0.05, 0) is 24.1 Å². The van der Waals surface area contributed by atoms with Crippen LogP contribution in [0.3, 0.4) is 0 Å². The highest BCUT2D eigenvalue weighted by atomic mass is 35.5. The molecule has 124 valence electrons. The van der Waals surface area contributed by atoms with Crippen molar-refractivity contribution < 1.29 is 19.5 Å². The number of hydrogen-bond acceptors (Lipinski definition) is 3. The molecule has 0 unspecified atom stereocenters. The van der Waals surface area contributed by atoms with Crippen LogP contribution in [-0.4, -0.2) is 40.9 Å². The molecule has 2 atom stereocenters.